The monoisotopic (exact) mass is 348 g/mol. The first-order valence-corrected chi connectivity index (χ1v) is 8.58. The first-order chi connectivity index (χ1) is 13.3. The number of benzene rings is 3. The van der Waals surface area contributed by atoms with Crippen LogP contribution in [0.2, 0.25) is 0 Å². The molecule has 0 saturated heterocycles. The lowest BCUT2D eigenvalue weighted by Gasteiger charge is -2.02. The molecular weight excluding hydrogens is 332 g/mol. The number of nitrogens with one attached hydrogen (secondary N) is 1. The van der Waals surface area contributed by atoms with Crippen LogP contribution in [-0.2, 0) is 0 Å². The van der Waals surface area contributed by atoms with Gasteiger partial charge >= 0.3 is 0 Å². The largest absolute Gasteiger partial charge is 0.196 e. The molecule has 0 atom stereocenters. The first kappa shape index (κ1) is 16.5. The highest BCUT2D eigenvalue weighted by atomic mass is 15.3. The molecule has 0 aliphatic heterocycles. The zero-order valence-corrected chi connectivity index (χ0v) is 14.5. The van der Waals surface area contributed by atoms with Gasteiger partial charge in [0, 0.05) is 5.56 Å². The summed E-state index contributed by atoms with van der Waals surface area (Å²) in [5.74, 6) is 0. The Balaban J connectivity index is 1.49. The van der Waals surface area contributed by atoms with Gasteiger partial charge in [-0.2, -0.15) is 15.6 Å². The maximum atomic E-state index is 9.04. The van der Waals surface area contributed by atoms with E-state index in [1.807, 2.05) is 48.5 Å². The van der Waals surface area contributed by atoms with Crippen LogP contribution in [0.5, 0.6) is 0 Å². The Morgan fingerprint density at radius 3 is 1.81 bits per heavy atom. The number of hydrogen-bond donors (Lipinski definition) is 1. The summed E-state index contributed by atoms with van der Waals surface area (Å²) in [5, 5.41) is 19.4. The van der Waals surface area contributed by atoms with Gasteiger partial charge in [0.1, 0.15) is 11.8 Å². The molecular formula is C23H16N4. The number of nitrogens with zero attached hydrogens (tertiary/aromatic N) is 3. The van der Waals surface area contributed by atoms with Crippen molar-refractivity contribution in [3.8, 4) is 28.5 Å². The number of rotatable bonds is 4. The molecule has 0 bridgehead atoms. The van der Waals surface area contributed by atoms with E-state index in [1.54, 1.807) is 0 Å². The van der Waals surface area contributed by atoms with E-state index < -0.39 is 0 Å². The first-order valence-electron chi connectivity index (χ1n) is 8.58. The van der Waals surface area contributed by atoms with E-state index >= 15 is 0 Å². The summed E-state index contributed by atoms with van der Waals surface area (Å²) in [6.45, 7) is 0. The van der Waals surface area contributed by atoms with Gasteiger partial charge in [-0.1, -0.05) is 91.0 Å². The fourth-order valence-corrected chi connectivity index (χ4v) is 2.87. The van der Waals surface area contributed by atoms with Crippen molar-refractivity contribution in [2.45, 2.75) is 0 Å². The lowest BCUT2D eigenvalue weighted by Crippen LogP contribution is -1.83. The normalized spacial score (nSPS) is 10.8. The van der Waals surface area contributed by atoms with E-state index in [9.17, 15) is 0 Å². The van der Waals surface area contributed by atoms with E-state index in [-0.39, 0.29) is 0 Å². The molecule has 4 nitrogen and oxygen atoms in total. The Kier molecular flexibility index (Phi) is 4.59. The molecule has 27 heavy (non-hydrogen) atoms. The molecule has 4 rings (SSSR count). The van der Waals surface area contributed by atoms with Gasteiger partial charge in [-0.25, -0.2) is 0 Å². The van der Waals surface area contributed by atoms with Crippen LogP contribution in [0.4, 0.5) is 0 Å². The summed E-state index contributed by atoms with van der Waals surface area (Å²) in [4.78, 5) is 0. The molecule has 1 aromatic heterocycles. The van der Waals surface area contributed by atoms with E-state index in [2.05, 4.69) is 64.0 Å². The summed E-state index contributed by atoms with van der Waals surface area (Å²) in [5.41, 5.74) is 6.38. The van der Waals surface area contributed by atoms with Crippen molar-refractivity contribution in [2.75, 3.05) is 0 Å². The Morgan fingerprint density at radius 1 is 0.667 bits per heavy atom. The fraction of sp³-hybridized carbons (Fsp3) is 0. The van der Waals surface area contributed by atoms with Crippen molar-refractivity contribution in [2.24, 2.45) is 0 Å². The van der Waals surface area contributed by atoms with E-state index in [1.165, 1.54) is 11.1 Å². The van der Waals surface area contributed by atoms with Crippen LogP contribution < -0.4 is 0 Å². The SMILES string of the molecule is N#Cc1n[nH]nc1-c1ccc(/C=C/c2ccc(-c3ccccc3)cc2)cc1. The zero-order chi connectivity index (χ0) is 18.5. The molecule has 1 N–H and O–H groups in total. The second-order valence-corrected chi connectivity index (χ2v) is 6.08. The van der Waals surface area contributed by atoms with Gasteiger partial charge in [0.15, 0.2) is 5.69 Å². The fourth-order valence-electron chi connectivity index (χ4n) is 2.87. The average Bonchev–Trinajstić information content (AvgIpc) is 3.22. The molecule has 0 aliphatic rings. The van der Waals surface area contributed by atoms with Crippen molar-refractivity contribution in [3.63, 3.8) is 0 Å². The van der Waals surface area contributed by atoms with Crippen LogP contribution in [0.15, 0.2) is 78.9 Å². The third-order valence-electron chi connectivity index (χ3n) is 4.32. The number of aromatic nitrogens is 3. The maximum Gasteiger partial charge on any atom is 0.190 e. The smallest absolute Gasteiger partial charge is 0.190 e. The Bertz CT molecular complexity index is 1100. The predicted molar refractivity (Wildman–Crippen MR) is 107 cm³/mol. The zero-order valence-electron chi connectivity index (χ0n) is 14.5. The van der Waals surface area contributed by atoms with E-state index in [4.69, 9.17) is 5.26 Å². The second kappa shape index (κ2) is 7.51. The van der Waals surface area contributed by atoms with E-state index in [0.29, 0.717) is 11.4 Å². The quantitative estimate of drug-likeness (QED) is 0.517. The summed E-state index contributed by atoms with van der Waals surface area (Å²) in [6, 6.07) is 28.7. The van der Waals surface area contributed by atoms with Crippen molar-refractivity contribution >= 4 is 12.2 Å². The van der Waals surface area contributed by atoms with E-state index in [0.717, 1.165) is 16.7 Å². The number of nitriles is 1. The van der Waals surface area contributed by atoms with Crippen molar-refractivity contribution in [1.29, 1.82) is 5.26 Å². The molecule has 0 amide bonds. The van der Waals surface area contributed by atoms with Crippen molar-refractivity contribution in [3.05, 3.63) is 95.7 Å². The molecule has 0 radical (unpaired) electrons. The minimum absolute atomic E-state index is 0.303. The Hall–Kier alpha value is -3.97. The number of hydrogen-bond acceptors (Lipinski definition) is 3. The third kappa shape index (κ3) is 3.68. The third-order valence-corrected chi connectivity index (χ3v) is 4.32. The molecule has 3 aromatic carbocycles. The molecule has 4 heteroatoms. The van der Waals surface area contributed by atoms with Gasteiger partial charge in [-0.05, 0) is 22.3 Å². The minimum Gasteiger partial charge on any atom is -0.196 e. The molecule has 1 heterocycles. The highest BCUT2D eigenvalue weighted by molar-refractivity contribution is 5.73. The maximum absolute atomic E-state index is 9.04. The number of aromatic amines is 1. The lowest BCUT2D eigenvalue weighted by atomic mass is 10.0. The molecule has 0 saturated carbocycles. The second-order valence-electron chi connectivity index (χ2n) is 6.08. The van der Waals surface area contributed by atoms with Crippen LogP contribution in [0, 0.1) is 11.3 Å². The molecule has 0 fully saturated rings. The van der Waals surface area contributed by atoms with Crippen LogP contribution in [0.25, 0.3) is 34.5 Å². The highest BCUT2D eigenvalue weighted by Gasteiger charge is 2.08. The van der Waals surface area contributed by atoms with Crippen LogP contribution in [0.3, 0.4) is 0 Å². The van der Waals surface area contributed by atoms with Gasteiger partial charge in [-0.3, -0.25) is 0 Å². The van der Waals surface area contributed by atoms with Crippen LogP contribution in [0.1, 0.15) is 16.8 Å². The van der Waals surface area contributed by atoms with Crippen molar-refractivity contribution in [1.82, 2.24) is 15.4 Å². The Morgan fingerprint density at radius 2 is 1.22 bits per heavy atom. The minimum atomic E-state index is 0.303. The lowest BCUT2D eigenvalue weighted by molar-refractivity contribution is 0.937. The summed E-state index contributed by atoms with van der Waals surface area (Å²) >= 11 is 0. The Labute approximate surface area is 157 Å². The molecule has 0 unspecified atom stereocenters. The molecule has 0 aliphatic carbocycles. The molecule has 0 spiro atoms. The van der Waals surface area contributed by atoms with Gasteiger partial charge in [0.05, 0.1) is 0 Å². The topological polar surface area (TPSA) is 65.4 Å². The summed E-state index contributed by atoms with van der Waals surface area (Å²) < 4.78 is 0. The summed E-state index contributed by atoms with van der Waals surface area (Å²) in [7, 11) is 0. The molecule has 4 aromatic rings. The van der Waals surface area contributed by atoms with Gasteiger partial charge in [0.2, 0.25) is 0 Å². The van der Waals surface area contributed by atoms with Crippen LogP contribution in [-0.4, -0.2) is 15.4 Å². The average molecular weight is 348 g/mol. The van der Waals surface area contributed by atoms with Gasteiger partial charge < -0.3 is 0 Å². The number of H-pyrrole nitrogens is 1. The van der Waals surface area contributed by atoms with Crippen LogP contribution >= 0.6 is 0 Å². The predicted octanol–water partition coefficient (Wildman–Crippen LogP) is 5.18. The van der Waals surface area contributed by atoms with Gasteiger partial charge in [0.25, 0.3) is 0 Å². The van der Waals surface area contributed by atoms with Gasteiger partial charge in [-0.15, -0.1) is 5.10 Å². The van der Waals surface area contributed by atoms with Crippen molar-refractivity contribution < 1.29 is 0 Å². The summed E-state index contributed by atoms with van der Waals surface area (Å²) in [6.07, 6.45) is 4.15. The molecule has 128 valence electrons. The standard InChI is InChI=1S/C23H16N4/c24-16-22-23(26-27-25-22)21-14-10-18(11-15-21)7-6-17-8-12-20(13-9-17)19-4-2-1-3-5-19/h1-15H,(H,25,26,27)/b7-6+. The highest BCUT2D eigenvalue weighted by Crippen LogP contribution is 2.22.